The van der Waals surface area contributed by atoms with Crippen molar-refractivity contribution in [3.05, 3.63) is 65.5 Å². The van der Waals surface area contributed by atoms with Crippen molar-refractivity contribution in [2.45, 2.75) is 31.2 Å². The van der Waals surface area contributed by atoms with Gasteiger partial charge in [0.2, 0.25) is 5.91 Å². The number of nitrogens with one attached hydrogen (secondary N) is 2. The summed E-state index contributed by atoms with van der Waals surface area (Å²) < 4.78 is 14.2. The Morgan fingerprint density at radius 2 is 1.94 bits per heavy atom. The fourth-order valence-electron chi connectivity index (χ4n) is 3.36. The van der Waals surface area contributed by atoms with E-state index < -0.39 is 23.3 Å². The SMILES string of the molecule is CC(C(=O)O)c1cccc(NC(=O)NCC(=O)N2C(C)CSC2c2ccccc2F)c1.S. The maximum absolute atomic E-state index is 14.2. The van der Waals surface area contributed by atoms with E-state index in [4.69, 9.17) is 5.11 Å². The van der Waals surface area contributed by atoms with Gasteiger partial charge in [0.25, 0.3) is 0 Å². The Hall–Kier alpha value is -2.72. The second-order valence-corrected chi connectivity index (χ2v) is 8.46. The molecule has 0 bridgehead atoms. The van der Waals surface area contributed by atoms with E-state index in [9.17, 15) is 18.8 Å². The number of benzene rings is 2. The molecule has 32 heavy (non-hydrogen) atoms. The normalized spacial score (nSPS) is 18.4. The van der Waals surface area contributed by atoms with Crippen LogP contribution in [0, 0.1) is 5.82 Å². The van der Waals surface area contributed by atoms with E-state index in [2.05, 4.69) is 10.6 Å². The van der Waals surface area contributed by atoms with Gasteiger partial charge in [0.15, 0.2) is 0 Å². The van der Waals surface area contributed by atoms with Crippen LogP contribution < -0.4 is 10.6 Å². The standard InChI is InChI=1S/C22H24FN3O4S.H2S/c1-13-12-31-20(17-8-3-4-9-18(17)23)26(13)19(27)11-24-22(30)25-16-7-5-6-15(10-16)14(2)21(28)29;/h3-10,13-14,20H,11-12H2,1-2H3,(H,28,29)(H2,24,25,30);1H2. The largest absolute Gasteiger partial charge is 0.481 e. The summed E-state index contributed by atoms with van der Waals surface area (Å²) in [4.78, 5) is 37.8. The minimum Gasteiger partial charge on any atom is -0.481 e. The Bertz CT molecular complexity index is 991. The lowest BCUT2D eigenvalue weighted by molar-refractivity contribution is -0.138. The summed E-state index contributed by atoms with van der Waals surface area (Å²) in [5, 5.41) is 13.8. The molecule has 3 rings (SSSR count). The summed E-state index contributed by atoms with van der Waals surface area (Å²) in [6, 6.07) is 12.2. The van der Waals surface area contributed by atoms with Crippen LogP contribution in [0.15, 0.2) is 48.5 Å². The number of anilines is 1. The van der Waals surface area contributed by atoms with Gasteiger partial charge in [-0.3, -0.25) is 9.59 Å². The summed E-state index contributed by atoms with van der Waals surface area (Å²) in [5.74, 6) is -1.68. The summed E-state index contributed by atoms with van der Waals surface area (Å²) >= 11 is 1.49. The minimum atomic E-state index is -0.964. The van der Waals surface area contributed by atoms with E-state index in [1.807, 2.05) is 6.92 Å². The number of carboxylic acids is 1. The maximum atomic E-state index is 14.2. The number of carbonyl (C=O) groups is 3. The quantitative estimate of drug-likeness (QED) is 0.584. The first-order valence-electron chi connectivity index (χ1n) is 9.82. The van der Waals surface area contributed by atoms with Crippen molar-refractivity contribution in [1.82, 2.24) is 10.2 Å². The highest BCUT2D eigenvalue weighted by atomic mass is 32.2. The van der Waals surface area contributed by atoms with Crippen LogP contribution >= 0.6 is 25.3 Å². The molecule has 172 valence electrons. The molecule has 1 heterocycles. The lowest BCUT2D eigenvalue weighted by Gasteiger charge is -2.28. The molecule has 2 aromatic carbocycles. The summed E-state index contributed by atoms with van der Waals surface area (Å²) in [6.45, 7) is 3.20. The second-order valence-electron chi connectivity index (χ2n) is 7.35. The number of carboxylic acid groups (broad SMARTS) is 1. The summed E-state index contributed by atoms with van der Waals surface area (Å²) in [6.07, 6.45) is 0. The van der Waals surface area contributed by atoms with Gasteiger partial charge in [-0.1, -0.05) is 30.3 Å². The fraction of sp³-hybridized carbons (Fsp3) is 0.318. The van der Waals surface area contributed by atoms with Crippen molar-refractivity contribution in [1.29, 1.82) is 0 Å². The molecule has 2 aromatic rings. The molecule has 1 saturated heterocycles. The average molecular weight is 480 g/mol. The molecule has 3 amide bonds. The molecular formula is C22H26FN3O4S2. The van der Waals surface area contributed by atoms with E-state index in [0.29, 0.717) is 22.6 Å². The first kappa shape index (κ1) is 25.5. The monoisotopic (exact) mass is 479 g/mol. The number of thioether (sulfide) groups is 1. The fourth-order valence-corrected chi connectivity index (χ4v) is 4.84. The van der Waals surface area contributed by atoms with Gasteiger partial charge < -0.3 is 20.6 Å². The molecule has 1 aliphatic heterocycles. The molecule has 3 atom stereocenters. The lowest BCUT2D eigenvalue weighted by atomic mass is 10.0. The highest BCUT2D eigenvalue weighted by molar-refractivity contribution is 7.99. The Kier molecular flexibility index (Phi) is 8.97. The molecule has 0 radical (unpaired) electrons. The topological polar surface area (TPSA) is 98.7 Å². The third-order valence-electron chi connectivity index (χ3n) is 5.10. The van der Waals surface area contributed by atoms with Gasteiger partial charge in [0.05, 0.1) is 12.5 Å². The predicted octanol–water partition coefficient (Wildman–Crippen LogP) is 3.91. The number of hydrogen-bond acceptors (Lipinski definition) is 4. The van der Waals surface area contributed by atoms with Crippen LogP contribution in [0.25, 0.3) is 0 Å². The van der Waals surface area contributed by atoms with Crippen molar-refractivity contribution >= 4 is 48.9 Å². The second kappa shape index (κ2) is 11.2. The first-order valence-corrected chi connectivity index (χ1v) is 10.9. The third-order valence-corrected chi connectivity index (χ3v) is 6.57. The number of halogens is 1. The van der Waals surface area contributed by atoms with Crippen LogP contribution in [0.5, 0.6) is 0 Å². The van der Waals surface area contributed by atoms with Crippen LogP contribution in [0.4, 0.5) is 14.9 Å². The molecular weight excluding hydrogens is 453 g/mol. The van der Waals surface area contributed by atoms with E-state index in [0.717, 1.165) is 0 Å². The van der Waals surface area contributed by atoms with Crippen LogP contribution in [0.3, 0.4) is 0 Å². The number of hydrogen-bond donors (Lipinski definition) is 3. The van der Waals surface area contributed by atoms with Crippen LogP contribution in [0.1, 0.15) is 36.3 Å². The van der Waals surface area contributed by atoms with E-state index in [1.54, 1.807) is 54.3 Å². The Balaban J connectivity index is 0.00000363. The minimum absolute atomic E-state index is 0. The zero-order valence-corrected chi connectivity index (χ0v) is 19.5. The number of amides is 3. The van der Waals surface area contributed by atoms with Gasteiger partial charge in [-0.05, 0) is 37.6 Å². The predicted molar refractivity (Wildman–Crippen MR) is 128 cm³/mol. The van der Waals surface area contributed by atoms with Crippen molar-refractivity contribution in [2.75, 3.05) is 17.6 Å². The van der Waals surface area contributed by atoms with Gasteiger partial charge in [-0.25, -0.2) is 9.18 Å². The molecule has 0 aromatic heterocycles. The van der Waals surface area contributed by atoms with E-state index in [1.165, 1.54) is 17.8 Å². The van der Waals surface area contributed by atoms with Crippen molar-refractivity contribution in [3.63, 3.8) is 0 Å². The molecule has 3 unspecified atom stereocenters. The van der Waals surface area contributed by atoms with Crippen molar-refractivity contribution in [3.8, 4) is 0 Å². The zero-order valence-electron chi connectivity index (χ0n) is 17.7. The van der Waals surface area contributed by atoms with Crippen molar-refractivity contribution < 1.29 is 23.9 Å². The number of urea groups is 1. The number of nitrogens with zero attached hydrogens (tertiary/aromatic N) is 1. The van der Waals surface area contributed by atoms with Crippen molar-refractivity contribution in [2.24, 2.45) is 0 Å². The van der Waals surface area contributed by atoms with Gasteiger partial charge in [-0.15, -0.1) is 11.8 Å². The smallest absolute Gasteiger partial charge is 0.319 e. The molecule has 3 N–H and O–H groups in total. The van der Waals surface area contributed by atoms with Crippen LogP contribution in [-0.4, -0.2) is 46.3 Å². The number of aliphatic carboxylic acids is 1. The van der Waals surface area contributed by atoms with Crippen LogP contribution in [-0.2, 0) is 9.59 Å². The molecule has 1 fully saturated rings. The Morgan fingerprint density at radius 3 is 2.62 bits per heavy atom. The van der Waals surface area contributed by atoms with Gasteiger partial charge in [-0.2, -0.15) is 13.5 Å². The number of rotatable bonds is 6. The Labute approximate surface area is 197 Å². The molecule has 0 saturated carbocycles. The molecule has 1 aliphatic rings. The summed E-state index contributed by atoms with van der Waals surface area (Å²) in [7, 11) is 0. The highest BCUT2D eigenvalue weighted by Gasteiger charge is 2.37. The van der Waals surface area contributed by atoms with Gasteiger partial charge in [0, 0.05) is 23.0 Å². The van der Waals surface area contributed by atoms with Crippen LogP contribution in [0.2, 0.25) is 0 Å². The highest BCUT2D eigenvalue weighted by Crippen LogP contribution is 2.41. The van der Waals surface area contributed by atoms with E-state index in [-0.39, 0.29) is 37.8 Å². The molecule has 0 aliphatic carbocycles. The van der Waals surface area contributed by atoms with E-state index >= 15 is 0 Å². The third kappa shape index (κ3) is 5.95. The molecule has 0 spiro atoms. The molecule has 7 nitrogen and oxygen atoms in total. The van der Waals surface area contributed by atoms with Gasteiger partial charge >= 0.3 is 12.0 Å². The number of carbonyl (C=O) groups excluding carboxylic acids is 2. The maximum Gasteiger partial charge on any atom is 0.319 e. The van der Waals surface area contributed by atoms with Gasteiger partial charge in [0.1, 0.15) is 11.2 Å². The lowest BCUT2D eigenvalue weighted by Crippen LogP contribution is -2.44. The average Bonchev–Trinajstić information content (AvgIpc) is 3.13. The summed E-state index contributed by atoms with van der Waals surface area (Å²) in [5.41, 5.74) is 1.42. The molecule has 10 heteroatoms. The first-order chi connectivity index (χ1) is 14.8. The Morgan fingerprint density at radius 1 is 1.22 bits per heavy atom. The zero-order chi connectivity index (χ0) is 22.5.